The van der Waals surface area contributed by atoms with Crippen LogP contribution in [-0.4, -0.2) is 24.9 Å². The number of hydrogen-bond donors (Lipinski definition) is 2. The Morgan fingerprint density at radius 2 is 1.25 bits per heavy atom. The molecule has 2 N–H and O–H groups in total. The molecular weight excluding hydrogens is 252 g/mol. The SMILES string of the molecule is C=C(C)C(=O)NCCCC(C)CCCNC(=O)C(=C)C. The molecule has 0 radical (unpaired) electrons. The van der Waals surface area contributed by atoms with Gasteiger partial charge in [0.05, 0.1) is 0 Å². The summed E-state index contributed by atoms with van der Waals surface area (Å²) in [7, 11) is 0. The van der Waals surface area contributed by atoms with Crippen LogP contribution in [0.15, 0.2) is 24.3 Å². The average molecular weight is 280 g/mol. The maximum atomic E-state index is 11.3. The van der Waals surface area contributed by atoms with Gasteiger partial charge in [0.2, 0.25) is 11.8 Å². The Kier molecular flexibility index (Phi) is 9.43. The molecule has 2 amide bonds. The van der Waals surface area contributed by atoms with E-state index in [1.54, 1.807) is 13.8 Å². The molecule has 0 heterocycles. The molecule has 0 bridgehead atoms. The van der Waals surface area contributed by atoms with Gasteiger partial charge in [-0.3, -0.25) is 9.59 Å². The molecule has 0 rings (SSSR count). The van der Waals surface area contributed by atoms with E-state index in [1.807, 2.05) is 0 Å². The minimum atomic E-state index is -0.0693. The third-order valence-corrected chi connectivity index (χ3v) is 3.09. The summed E-state index contributed by atoms with van der Waals surface area (Å²) in [4.78, 5) is 22.5. The van der Waals surface area contributed by atoms with Gasteiger partial charge in [0, 0.05) is 24.2 Å². The van der Waals surface area contributed by atoms with Crippen molar-refractivity contribution in [1.29, 1.82) is 0 Å². The number of rotatable bonds is 10. The van der Waals surface area contributed by atoms with Crippen molar-refractivity contribution in [3.63, 3.8) is 0 Å². The molecule has 0 saturated carbocycles. The first-order valence-electron chi connectivity index (χ1n) is 7.22. The second-order valence-electron chi connectivity index (χ2n) is 5.46. The van der Waals surface area contributed by atoms with Crippen molar-refractivity contribution in [2.24, 2.45) is 5.92 Å². The first-order chi connectivity index (χ1) is 9.34. The lowest BCUT2D eigenvalue weighted by molar-refractivity contribution is -0.118. The van der Waals surface area contributed by atoms with Crippen LogP contribution < -0.4 is 10.6 Å². The van der Waals surface area contributed by atoms with Crippen molar-refractivity contribution < 1.29 is 9.59 Å². The standard InChI is InChI=1S/C16H28N2O2/c1-12(2)15(19)17-10-6-8-14(5)9-7-11-18-16(20)13(3)4/h14H,1,3,6-11H2,2,4-5H3,(H,17,19)(H,18,20). The van der Waals surface area contributed by atoms with Gasteiger partial charge in [-0.2, -0.15) is 0 Å². The van der Waals surface area contributed by atoms with E-state index in [0.717, 1.165) is 25.7 Å². The molecule has 0 aromatic carbocycles. The van der Waals surface area contributed by atoms with Crippen molar-refractivity contribution >= 4 is 11.8 Å². The summed E-state index contributed by atoms with van der Waals surface area (Å²) in [5.74, 6) is 0.457. The molecule has 0 aromatic heterocycles. The molecule has 4 nitrogen and oxygen atoms in total. The molecule has 0 saturated heterocycles. The summed E-state index contributed by atoms with van der Waals surface area (Å²) < 4.78 is 0. The van der Waals surface area contributed by atoms with Crippen LogP contribution >= 0.6 is 0 Å². The van der Waals surface area contributed by atoms with Gasteiger partial charge in [-0.25, -0.2) is 0 Å². The second kappa shape index (κ2) is 10.2. The Balaban J connectivity index is 3.53. The first-order valence-corrected chi connectivity index (χ1v) is 7.22. The highest BCUT2D eigenvalue weighted by Crippen LogP contribution is 2.11. The zero-order valence-corrected chi connectivity index (χ0v) is 13.1. The van der Waals surface area contributed by atoms with Crippen LogP contribution in [0.5, 0.6) is 0 Å². The maximum absolute atomic E-state index is 11.3. The molecule has 0 atom stereocenters. The topological polar surface area (TPSA) is 58.2 Å². The minimum absolute atomic E-state index is 0.0693. The molecule has 0 aliphatic rings. The Labute approximate surface area is 122 Å². The zero-order valence-electron chi connectivity index (χ0n) is 13.1. The van der Waals surface area contributed by atoms with E-state index in [1.165, 1.54) is 0 Å². The van der Waals surface area contributed by atoms with Gasteiger partial charge in [-0.05, 0) is 45.4 Å². The van der Waals surface area contributed by atoms with E-state index in [9.17, 15) is 9.59 Å². The Morgan fingerprint density at radius 1 is 0.900 bits per heavy atom. The third-order valence-electron chi connectivity index (χ3n) is 3.09. The molecule has 0 spiro atoms. The number of hydrogen-bond acceptors (Lipinski definition) is 2. The third kappa shape index (κ3) is 9.36. The average Bonchev–Trinajstić information content (AvgIpc) is 2.38. The van der Waals surface area contributed by atoms with E-state index in [-0.39, 0.29) is 11.8 Å². The molecule has 0 aromatic rings. The molecule has 0 aliphatic heterocycles. The first kappa shape index (κ1) is 18.4. The van der Waals surface area contributed by atoms with Crippen LogP contribution in [0.3, 0.4) is 0 Å². The van der Waals surface area contributed by atoms with Gasteiger partial charge in [-0.15, -0.1) is 0 Å². The van der Waals surface area contributed by atoms with Gasteiger partial charge in [0.15, 0.2) is 0 Å². The molecule has 114 valence electrons. The van der Waals surface area contributed by atoms with E-state index in [4.69, 9.17) is 0 Å². The number of amides is 2. The highest BCUT2D eigenvalue weighted by molar-refractivity contribution is 5.92. The fourth-order valence-electron chi connectivity index (χ4n) is 1.75. The van der Waals surface area contributed by atoms with Crippen molar-refractivity contribution in [2.75, 3.05) is 13.1 Å². The molecule has 0 aliphatic carbocycles. The van der Waals surface area contributed by atoms with Crippen LogP contribution in [0.1, 0.15) is 46.5 Å². The zero-order chi connectivity index (χ0) is 15.5. The fourth-order valence-corrected chi connectivity index (χ4v) is 1.75. The summed E-state index contributed by atoms with van der Waals surface area (Å²) in [6, 6.07) is 0. The lowest BCUT2D eigenvalue weighted by Crippen LogP contribution is -2.25. The van der Waals surface area contributed by atoms with E-state index < -0.39 is 0 Å². The summed E-state index contributed by atoms with van der Waals surface area (Å²) in [6.07, 6.45) is 4.09. The largest absolute Gasteiger partial charge is 0.352 e. The van der Waals surface area contributed by atoms with Crippen molar-refractivity contribution in [2.45, 2.75) is 46.5 Å². The van der Waals surface area contributed by atoms with Crippen molar-refractivity contribution in [1.82, 2.24) is 10.6 Å². The van der Waals surface area contributed by atoms with Crippen LogP contribution in [0.4, 0.5) is 0 Å². The van der Waals surface area contributed by atoms with Crippen LogP contribution in [0.25, 0.3) is 0 Å². The fraction of sp³-hybridized carbons (Fsp3) is 0.625. The highest BCUT2D eigenvalue weighted by atomic mass is 16.2. The van der Waals surface area contributed by atoms with Gasteiger partial charge >= 0.3 is 0 Å². The molecule has 0 fully saturated rings. The summed E-state index contributed by atoms with van der Waals surface area (Å²) >= 11 is 0. The van der Waals surface area contributed by atoms with Crippen molar-refractivity contribution in [3.05, 3.63) is 24.3 Å². The van der Waals surface area contributed by atoms with Crippen molar-refractivity contribution in [3.8, 4) is 0 Å². The van der Waals surface area contributed by atoms with Gasteiger partial charge in [0.25, 0.3) is 0 Å². The highest BCUT2D eigenvalue weighted by Gasteiger charge is 2.05. The van der Waals surface area contributed by atoms with Crippen LogP contribution in [-0.2, 0) is 9.59 Å². The van der Waals surface area contributed by atoms with Gasteiger partial charge in [-0.1, -0.05) is 20.1 Å². The van der Waals surface area contributed by atoms with E-state index in [0.29, 0.717) is 30.2 Å². The van der Waals surface area contributed by atoms with Crippen LogP contribution in [0.2, 0.25) is 0 Å². The second-order valence-corrected chi connectivity index (χ2v) is 5.46. The quantitative estimate of drug-likeness (QED) is 0.477. The molecule has 0 unspecified atom stereocenters. The van der Waals surface area contributed by atoms with Crippen LogP contribution in [0, 0.1) is 5.92 Å². The molecular formula is C16H28N2O2. The molecule has 4 heteroatoms. The number of carbonyl (C=O) groups excluding carboxylic acids is 2. The maximum Gasteiger partial charge on any atom is 0.246 e. The lowest BCUT2D eigenvalue weighted by atomic mass is 10.00. The lowest BCUT2D eigenvalue weighted by Gasteiger charge is -2.12. The van der Waals surface area contributed by atoms with E-state index >= 15 is 0 Å². The molecule has 20 heavy (non-hydrogen) atoms. The number of nitrogens with one attached hydrogen (secondary N) is 2. The normalized spacial score (nSPS) is 10.2. The predicted octanol–water partition coefficient (Wildman–Crippen LogP) is 2.57. The van der Waals surface area contributed by atoms with Gasteiger partial charge in [0.1, 0.15) is 0 Å². The number of carbonyl (C=O) groups is 2. The summed E-state index contributed by atoms with van der Waals surface area (Å²) in [5.41, 5.74) is 1.10. The Hall–Kier alpha value is -1.58. The summed E-state index contributed by atoms with van der Waals surface area (Å²) in [6.45, 7) is 14.2. The Morgan fingerprint density at radius 3 is 1.55 bits per heavy atom. The minimum Gasteiger partial charge on any atom is -0.352 e. The summed E-state index contributed by atoms with van der Waals surface area (Å²) in [5, 5.41) is 5.65. The predicted molar refractivity (Wildman–Crippen MR) is 83.3 cm³/mol. The van der Waals surface area contributed by atoms with Gasteiger partial charge < -0.3 is 10.6 Å². The Bertz CT molecular complexity index is 327. The monoisotopic (exact) mass is 280 g/mol. The smallest absolute Gasteiger partial charge is 0.246 e. The van der Waals surface area contributed by atoms with E-state index in [2.05, 4.69) is 30.7 Å².